The molecule has 0 saturated carbocycles. The average Bonchev–Trinajstić information content (AvgIpc) is 2.46. The molecule has 0 radical (unpaired) electrons. The molecule has 3 rings (SSSR count). The molecule has 0 spiro atoms. The minimum absolute atomic E-state index is 0.241. The lowest BCUT2D eigenvalue weighted by atomic mass is 9.94. The van der Waals surface area contributed by atoms with Crippen molar-refractivity contribution in [2.45, 2.75) is 53.0 Å². The smallest absolute Gasteiger partial charge is 0.336 e. The second-order valence-electron chi connectivity index (χ2n) is 7.43. The number of piperidine rings is 1. The van der Waals surface area contributed by atoms with E-state index in [-0.39, 0.29) is 5.63 Å². The van der Waals surface area contributed by atoms with Crippen molar-refractivity contribution in [1.29, 1.82) is 0 Å². The van der Waals surface area contributed by atoms with Crippen LogP contribution >= 0.6 is 0 Å². The molecule has 1 aromatic heterocycles. The Kier molecular flexibility index (Phi) is 4.58. The average molecular weight is 313 g/mol. The van der Waals surface area contributed by atoms with Crippen LogP contribution < -0.4 is 5.63 Å². The summed E-state index contributed by atoms with van der Waals surface area (Å²) in [5.41, 5.74) is 4.11. The lowest BCUT2D eigenvalue weighted by Crippen LogP contribution is -2.34. The molecular formula is C20H27NO2. The summed E-state index contributed by atoms with van der Waals surface area (Å²) in [5, 5.41) is 1.09. The van der Waals surface area contributed by atoms with E-state index in [0.717, 1.165) is 42.1 Å². The van der Waals surface area contributed by atoms with E-state index in [1.165, 1.54) is 24.0 Å². The van der Waals surface area contributed by atoms with Crippen molar-refractivity contribution >= 4 is 11.0 Å². The summed E-state index contributed by atoms with van der Waals surface area (Å²) < 4.78 is 5.45. The number of fused-ring (bicyclic) bond motifs is 1. The highest BCUT2D eigenvalue weighted by atomic mass is 16.4. The summed E-state index contributed by atoms with van der Waals surface area (Å²) >= 11 is 0. The maximum atomic E-state index is 12.0. The van der Waals surface area contributed by atoms with Crippen LogP contribution in [-0.2, 0) is 6.54 Å². The summed E-state index contributed by atoms with van der Waals surface area (Å²) in [6.07, 6.45) is 2.56. The molecule has 3 heteroatoms. The topological polar surface area (TPSA) is 33.5 Å². The molecule has 2 heterocycles. The molecule has 23 heavy (non-hydrogen) atoms. The van der Waals surface area contributed by atoms with Crippen molar-refractivity contribution in [3.05, 3.63) is 45.3 Å². The number of rotatable bonds is 3. The fourth-order valence-electron chi connectivity index (χ4n) is 3.82. The van der Waals surface area contributed by atoms with Gasteiger partial charge in [0, 0.05) is 24.5 Å². The lowest BCUT2D eigenvalue weighted by molar-refractivity contribution is 0.177. The van der Waals surface area contributed by atoms with Crippen LogP contribution in [0.15, 0.2) is 27.4 Å². The zero-order valence-electron chi connectivity index (χ0n) is 14.7. The monoisotopic (exact) mass is 313 g/mol. The fourth-order valence-corrected chi connectivity index (χ4v) is 3.82. The van der Waals surface area contributed by atoms with Crippen LogP contribution in [-0.4, -0.2) is 18.0 Å². The van der Waals surface area contributed by atoms with Crippen LogP contribution in [0.1, 0.15) is 56.2 Å². The van der Waals surface area contributed by atoms with Crippen LogP contribution in [0.3, 0.4) is 0 Å². The normalized spacial score (nSPS) is 19.6. The van der Waals surface area contributed by atoms with E-state index in [4.69, 9.17) is 4.42 Å². The van der Waals surface area contributed by atoms with Gasteiger partial charge in [-0.2, -0.15) is 0 Å². The van der Waals surface area contributed by atoms with E-state index in [2.05, 4.69) is 38.7 Å². The van der Waals surface area contributed by atoms with Crippen LogP contribution in [0.25, 0.3) is 11.0 Å². The molecule has 0 aliphatic carbocycles. The third-order valence-corrected chi connectivity index (χ3v) is 4.97. The van der Waals surface area contributed by atoms with Gasteiger partial charge in [0.15, 0.2) is 0 Å². The summed E-state index contributed by atoms with van der Waals surface area (Å²) in [6, 6.07) is 5.93. The van der Waals surface area contributed by atoms with Crippen molar-refractivity contribution < 1.29 is 4.42 Å². The summed E-state index contributed by atoms with van der Waals surface area (Å²) in [6.45, 7) is 11.9. The molecule has 0 N–H and O–H groups in total. The number of nitrogens with zero attached hydrogens (tertiary/aromatic N) is 1. The fraction of sp³-hybridized carbons (Fsp3) is 0.550. The minimum atomic E-state index is -0.241. The van der Waals surface area contributed by atoms with Gasteiger partial charge in [-0.25, -0.2) is 4.79 Å². The Morgan fingerprint density at radius 3 is 2.78 bits per heavy atom. The van der Waals surface area contributed by atoms with Gasteiger partial charge in [-0.05, 0) is 67.0 Å². The largest absolute Gasteiger partial charge is 0.423 e. The van der Waals surface area contributed by atoms with Gasteiger partial charge in [0.05, 0.1) is 0 Å². The Morgan fingerprint density at radius 2 is 2.09 bits per heavy atom. The van der Waals surface area contributed by atoms with Gasteiger partial charge in [0.25, 0.3) is 0 Å². The first kappa shape index (κ1) is 16.3. The predicted molar refractivity (Wildman–Crippen MR) is 95.0 cm³/mol. The molecule has 1 aromatic carbocycles. The molecule has 1 atom stereocenters. The van der Waals surface area contributed by atoms with Crippen molar-refractivity contribution in [2.75, 3.05) is 13.1 Å². The Hall–Kier alpha value is -1.61. The van der Waals surface area contributed by atoms with Crippen molar-refractivity contribution in [1.82, 2.24) is 4.90 Å². The SMILES string of the molecule is Cc1cc2oc(=O)cc(CN3CCCC(C)C3)c2cc1C(C)C. The second-order valence-corrected chi connectivity index (χ2v) is 7.43. The van der Waals surface area contributed by atoms with Gasteiger partial charge < -0.3 is 4.42 Å². The first-order valence-electron chi connectivity index (χ1n) is 8.73. The number of hydrogen-bond acceptors (Lipinski definition) is 3. The first-order chi connectivity index (χ1) is 10.9. The number of likely N-dealkylation sites (tertiary alicyclic amines) is 1. The summed E-state index contributed by atoms with van der Waals surface area (Å²) in [7, 11) is 0. The molecular weight excluding hydrogens is 286 g/mol. The lowest BCUT2D eigenvalue weighted by Gasteiger charge is -2.31. The Labute approximate surface area is 138 Å². The molecule has 1 unspecified atom stereocenters. The van der Waals surface area contributed by atoms with E-state index < -0.39 is 0 Å². The van der Waals surface area contributed by atoms with E-state index in [1.807, 2.05) is 6.07 Å². The zero-order chi connectivity index (χ0) is 16.6. The predicted octanol–water partition coefficient (Wildman–Crippen LogP) is 4.46. The number of benzene rings is 1. The van der Waals surface area contributed by atoms with Crippen molar-refractivity contribution in [3.63, 3.8) is 0 Å². The van der Waals surface area contributed by atoms with Gasteiger partial charge >= 0.3 is 5.63 Å². The van der Waals surface area contributed by atoms with Crippen LogP contribution in [0.4, 0.5) is 0 Å². The Bertz CT molecular complexity index is 760. The second kappa shape index (κ2) is 6.48. The third kappa shape index (κ3) is 3.50. The summed E-state index contributed by atoms with van der Waals surface area (Å²) in [5.74, 6) is 1.21. The quantitative estimate of drug-likeness (QED) is 0.785. The molecule has 1 aliphatic rings. The highest BCUT2D eigenvalue weighted by Crippen LogP contribution is 2.28. The maximum absolute atomic E-state index is 12.0. The Morgan fingerprint density at radius 1 is 1.30 bits per heavy atom. The Balaban J connectivity index is 2.04. The van der Waals surface area contributed by atoms with Crippen molar-refractivity contribution in [3.8, 4) is 0 Å². The maximum Gasteiger partial charge on any atom is 0.336 e. The van der Waals surface area contributed by atoms with Crippen LogP contribution in [0.5, 0.6) is 0 Å². The van der Waals surface area contributed by atoms with Crippen LogP contribution in [0, 0.1) is 12.8 Å². The number of aryl methyl sites for hydroxylation is 1. The molecule has 0 bridgehead atoms. The third-order valence-electron chi connectivity index (χ3n) is 4.97. The van der Waals surface area contributed by atoms with Gasteiger partial charge in [-0.15, -0.1) is 0 Å². The number of hydrogen-bond donors (Lipinski definition) is 0. The van der Waals surface area contributed by atoms with E-state index >= 15 is 0 Å². The first-order valence-corrected chi connectivity index (χ1v) is 8.73. The van der Waals surface area contributed by atoms with E-state index in [1.54, 1.807) is 6.07 Å². The van der Waals surface area contributed by atoms with Gasteiger partial charge in [0.1, 0.15) is 5.58 Å². The van der Waals surface area contributed by atoms with E-state index in [9.17, 15) is 4.79 Å². The molecule has 1 fully saturated rings. The highest BCUT2D eigenvalue weighted by Gasteiger charge is 2.18. The van der Waals surface area contributed by atoms with Gasteiger partial charge in [0.2, 0.25) is 0 Å². The summed E-state index contributed by atoms with van der Waals surface area (Å²) in [4.78, 5) is 14.4. The highest BCUT2D eigenvalue weighted by molar-refractivity contribution is 5.82. The van der Waals surface area contributed by atoms with Crippen LogP contribution in [0.2, 0.25) is 0 Å². The molecule has 1 saturated heterocycles. The molecule has 2 aromatic rings. The van der Waals surface area contributed by atoms with E-state index in [0.29, 0.717) is 5.92 Å². The molecule has 1 aliphatic heterocycles. The molecule has 3 nitrogen and oxygen atoms in total. The van der Waals surface area contributed by atoms with Gasteiger partial charge in [-0.1, -0.05) is 20.8 Å². The standard InChI is InChI=1S/C20H27NO2/c1-13(2)17-10-18-16(12-21-7-5-6-14(3)11-21)9-20(22)23-19(18)8-15(17)4/h8-10,13-14H,5-7,11-12H2,1-4H3. The van der Waals surface area contributed by atoms with Crippen molar-refractivity contribution in [2.24, 2.45) is 5.92 Å². The molecule has 0 amide bonds. The zero-order valence-corrected chi connectivity index (χ0v) is 14.7. The minimum Gasteiger partial charge on any atom is -0.423 e. The van der Waals surface area contributed by atoms with Gasteiger partial charge in [-0.3, -0.25) is 4.90 Å². The molecule has 124 valence electrons.